The van der Waals surface area contributed by atoms with Crippen molar-refractivity contribution in [3.8, 4) is 5.75 Å². The number of fused-ring (bicyclic) bond motifs is 1. The maximum absolute atomic E-state index is 5.99. The van der Waals surface area contributed by atoms with E-state index in [4.69, 9.17) is 4.74 Å². The molecule has 1 aromatic rings. The lowest BCUT2D eigenvalue weighted by molar-refractivity contribution is 0.0846. The number of rotatable bonds is 0. The van der Waals surface area contributed by atoms with E-state index in [1.54, 1.807) is 0 Å². The third-order valence-corrected chi connectivity index (χ3v) is 3.31. The van der Waals surface area contributed by atoms with Gasteiger partial charge in [-0.1, -0.05) is 40.3 Å². The lowest BCUT2D eigenvalue weighted by Gasteiger charge is -2.33. The van der Waals surface area contributed by atoms with Gasteiger partial charge in [0.1, 0.15) is 11.4 Å². The standard InChI is InChI=1S/C15H22O.CH4/c1-14(2,3)12-6-7-13-11(10-12)8-9-15(4,5)16-13;/h6-7,10H,8-9H2,1-5H3;1H4. The molecule has 0 spiro atoms. The highest BCUT2D eigenvalue weighted by atomic mass is 16.5. The molecule has 0 fully saturated rings. The molecular formula is C16H26O. The summed E-state index contributed by atoms with van der Waals surface area (Å²) in [7, 11) is 0. The van der Waals surface area contributed by atoms with Crippen molar-refractivity contribution in [2.24, 2.45) is 0 Å². The third kappa shape index (κ3) is 3.02. The van der Waals surface area contributed by atoms with E-state index in [9.17, 15) is 0 Å². The van der Waals surface area contributed by atoms with Crippen molar-refractivity contribution < 1.29 is 4.74 Å². The Morgan fingerprint density at radius 1 is 1.18 bits per heavy atom. The highest BCUT2D eigenvalue weighted by Gasteiger charge is 2.27. The first-order valence-corrected chi connectivity index (χ1v) is 6.10. The van der Waals surface area contributed by atoms with Gasteiger partial charge in [0.15, 0.2) is 0 Å². The third-order valence-electron chi connectivity index (χ3n) is 3.31. The van der Waals surface area contributed by atoms with Crippen LogP contribution < -0.4 is 4.74 Å². The first kappa shape index (κ1) is 14.1. The van der Waals surface area contributed by atoms with Crippen LogP contribution >= 0.6 is 0 Å². The molecule has 1 heteroatoms. The minimum absolute atomic E-state index is 0. The Labute approximate surface area is 106 Å². The fourth-order valence-corrected chi connectivity index (χ4v) is 2.13. The van der Waals surface area contributed by atoms with Crippen LogP contribution in [0.15, 0.2) is 18.2 Å². The average molecular weight is 234 g/mol. The predicted molar refractivity (Wildman–Crippen MR) is 74.9 cm³/mol. The fourth-order valence-electron chi connectivity index (χ4n) is 2.13. The van der Waals surface area contributed by atoms with E-state index in [0.717, 1.165) is 18.6 Å². The van der Waals surface area contributed by atoms with Crippen LogP contribution in [0.2, 0.25) is 0 Å². The fraction of sp³-hybridized carbons (Fsp3) is 0.625. The Morgan fingerprint density at radius 2 is 1.82 bits per heavy atom. The van der Waals surface area contributed by atoms with Crippen molar-refractivity contribution in [2.75, 3.05) is 0 Å². The van der Waals surface area contributed by atoms with Crippen LogP contribution in [0.5, 0.6) is 5.75 Å². The van der Waals surface area contributed by atoms with E-state index in [2.05, 4.69) is 52.8 Å². The molecule has 0 amide bonds. The topological polar surface area (TPSA) is 9.23 Å². The lowest BCUT2D eigenvalue weighted by Crippen LogP contribution is -2.32. The number of aryl methyl sites for hydroxylation is 1. The molecule has 2 rings (SSSR count). The number of benzene rings is 1. The van der Waals surface area contributed by atoms with Crippen molar-refractivity contribution >= 4 is 0 Å². The van der Waals surface area contributed by atoms with Crippen LogP contribution in [0.25, 0.3) is 0 Å². The molecule has 0 saturated carbocycles. The summed E-state index contributed by atoms with van der Waals surface area (Å²) in [6.45, 7) is 11.1. The molecule has 17 heavy (non-hydrogen) atoms. The zero-order valence-corrected chi connectivity index (χ0v) is 11.1. The first-order chi connectivity index (χ1) is 7.28. The molecule has 0 N–H and O–H groups in total. The molecule has 1 aliphatic heterocycles. The maximum Gasteiger partial charge on any atom is 0.123 e. The van der Waals surface area contributed by atoms with Crippen LogP contribution in [0, 0.1) is 0 Å². The minimum Gasteiger partial charge on any atom is -0.488 e. The molecule has 0 aromatic heterocycles. The van der Waals surface area contributed by atoms with E-state index in [1.807, 2.05) is 0 Å². The van der Waals surface area contributed by atoms with Gasteiger partial charge in [-0.2, -0.15) is 0 Å². The number of hydrogen-bond donors (Lipinski definition) is 0. The van der Waals surface area contributed by atoms with Gasteiger partial charge in [-0.25, -0.2) is 0 Å². The van der Waals surface area contributed by atoms with Crippen molar-refractivity contribution in [1.29, 1.82) is 0 Å². The quantitative estimate of drug-likeness (QED) is 0.631. The molecule has 96 valence electrons. The van der Waals surface area contributed by atoms with E-state index < -0.39 is 0 Å². The Hall–Kier alpha value is -0.980. The van der Waals surface area contributed by atoms with Crippen molar-refractivity contribution in [3.05, 3.63) is 29.3 Å². The molecule has 1 heterocycles. The minimum atomic E-state index is -0.00372. The van der Waals surface area contributed by atoms with E-state index in [1.165, 1.54) is 11.1 Å². The SMILES string of the molecule is C.CC1(C)CCc2cc(C(C)(C)C)ccc2O1. The molecular weight excluding hydrogens is 208 g/mol. The summed E-state index contributed by atoms with van der Waals surface area (Å²) < 4.78 is 5.99. The van der Waals surface area contributed by atoms with Crippen LogP contribution in [-0.4, -0.2) is 5.60 Å². The van der Waals surface area contributed by atoms with Gasteiger partial charge >= 0.3 is 0 Å². The smallest absolute Gasteiger partial charge is 0.123 e. The van der Waals surface area contributed by atoms with Crippen molar-refractivity contribution in [3.63, 3.8) is 0 Å². The highest BCUT2D eigenvalue weighted by Crippen LogP contribution is 2.35. The Bertz CT molecular complexity index is 396. The zero-order valence-electron chi connectivity index (χ0n) is 11.1. The summed E-state index contributed by atoms with van der Waals surface area (Å²) in [6, 6.07) is 6.64. The maximum atomic E-state index is 5.99. The normalized spacial score (nSPS) is 17.7. The second-order valence-electron chi connectivity index (χ2n) is 6.43. The Balaban J connectivity index is 0.00000144. The van der Waals surface area contributed by atoms with E-state index in [0.29, 0.717) is 0 Å². The second-order valence-corrected chi connectivity index (χ2v) is 6.43. The Kier molecular flexibility index (Phi) is 3.61. The molecule has 1 aliphatic rings. The molecule has 0 bridgehead atoms. The number of hydrogen-bond acceptors (Lipinski definition) is 1. The van der Waals surface area contributed by atoms with Gasteiger partial charge < -0.3 is 4.74 Å². The second kappa shape index (κ2) is 4.36. The van der Waals surface area contributed by atoms with Gasteiger partial charge in [0.25, 0.3) is 0 Å². The summed E-state index contributed by atoms with van der Waals surface area (Å²) in [4.78, 5) is 0. The molecule has 0 radical (unpaired) electrons. The first-order valence-electron chi connectivity index (χ1n) is 6.10. The highest BCUT2D eigenvalue weighted by molar-refractivity contribution is 5.41. The average Bonchev–Trinajstić information content (AvgIpc) is 2.14. The van der Waals surface area contributed by atoms with Gasteiger partial charge in [-0.05, 0) is 49.3 Å². The van der Waals surface area contributed by atoms with Crippen LogP contribution in [-0.2, 0) is 11.8 Å². The van der Waals surface area contributed by atoms with Crippen LogP contribution in [0.3, 0.4) is 0 Å². The molecule has 0 unspecified atom stereocenters. The molecule has 0 aliphatic carbocycles. The number of ether oxygens (including phenoxy) is 1. The van der Waals surface area contributed by atoms with Gasteiger partial charge in [-0.15, -0.1) is 0 Å². The summed E-state index contributed by atoms with van der Waals surface area (Å²) in [5.41, 5.74) is 2.99. The van der Waals surface area contributed by atoms with E-state index >= 15 is 0 Å². The molecule has 0 saturated heterocycles. The summed E-state index contributed by atoms with van der Waals surface area (Å²) in [6.07, 6.45) is 2.24. The van der Waals surface area contributed by atoms with Crippen LogP contribution in [0.1, 0.15) is 59.6 Å². The summed E-state index contributed by atoms with van der Waals surface area (Å²) in [5, 5.41) is 0. The lowest BCUT2D eigenvalue weighted by atomic mass is 9.84. The summed E-state index contributed by atoms with van der Waals surface area (Å²) in [5.74, 6) is 1.07. The van der Waals surface area contributed by atoms with Crippen LogP contribution in [0.4, 0.5) is 0 Å². The molecule has 1 aromatic carbocycles. The van der Waals surface area contributed by atoms with E-state index in [-0.39, 0.29) is 18.4 Å². The molecule has 0 atom stereocenters. The summed E-state index contributed by atoms with van der Waals surface area (Å²) >= 11 is 0. The van der Waals surface area contributed by atoms with Gasteiger partial charge in [0.2, 0.25) is 0 Å². The van der Waals surface area contributed by atoms with Gasteiger partial charge in [0, 0.05) is 0 Å². The van der Waals surface area contributed by atoms with Crippen molar-refractivity contribution in [2.45, 2.75) is 65.9 Å². The van der Waals surface area contributed by atoms with Gasteiger partial charge in [0.05, 0.1) is 0 Å². The van der Waals surface area contributed by atoms with Gasteiger partial charge in [-0.3, -0.25) is 0 Å². The molecule has 1 nitrogen and oxygen atoms in total. The monoisotopic (exact) mass is 234 g/mol. The Morgan fingerprint density at radius 3 is 2.41 bits per heavy atom. The largest absolute Gasteiger partial charge is 0.488 e. The predicted octanol–water partition coefficient (Wildman–Crippen LogP) is 4.72. The van der Waals surface area contributed by atoms with Crippen molar-refractivity contribution in [1.82, 2.24) is 0 Å². The zero-order chi connectivity index (χ0) is 12.0.